The van der Waals surface area contributed by atoms with Gasteiger partial charge in [-0.1, -0.05) is 68.0 Å². The van der Waals surface area contributed by atoms with Gasteiger partial charge in [-0.15, -0.1) is 0 Å². The van der Waals surface area contributed by atoms with Gasteiger partial charge in [-0.2, -0.15) is 0 Å². The number of para-hydroxylation sites is 1. The zero-order valence-corrected chi connectivity index (χ0v) is 13.2. The van der Waals surface area contributed by atoms with Gasteiger partial charge < -0.3 is 4.57 Å². The molecule has 1 heteroatoms. The van der Waals surface area contributed by atoms with Crippen molar-refractivity contribution >= 4 is 17.0 Å². The first-order valence-electron chi connectivity index (χ1n) is 8.17. The Labute approximate surface area is 132 Å². The minimum Gasteiger partial charge on any atom is -0.347 e. The maximum Gasteiger partial charge on any atom is 0.0480 e. The lowest BCUT2D eigenvalue weighted by Crippen LogP contribution is -1.94. The summed E-state index contributed by atoms with van der Waals surface area (Å²) in [5, 5.41) is 1.35. The minimum atomic E-state index is 1.12. The van der Waals surface area contributed by atoms with Gasteiger partial charge in [0, 0.05) is 18.3 Å². The summed E-state index contributed by atoms with van der Waals surface area (Å²) in [6, 6.07) is 19.2. The largest absolute Gasteiger partial charge is 0.347 e. The van der Waals surface area contributed by atoms with Crippen molar-refractivity contribution in [1.29, 1.82) is 0 Å². The first kappa shape index (κ1) is 14.6. The van der Waals surface area contributed by atoms with E-state index in [-0.39, 0.29) is 0 Å². The van der Waals surface area contributed by atoms with E-state index >= 15 is 0 Å². The maximum absolute atomic E-state index is 2.33. The first-order chi connectivity index (χ1) is 10.9. The molecule has 1 aromatic heterocycles. The predicted octanol–water partition coefficient (Wildman–Crippen LogP) is 5.70. The zero-order valence-electron chi connectivity index (χ0n) is 13.2. The Hall–Kier alpha value is -2.28. The van der Waals surface area contributed by atoms with E-state index in [0.717, 1.165) is 13.0 Å². The van der Waals surface area contributed by atoms with Crippen molar-refractivity contribution < 1.29 is 0 Å². The molecule has 1 nitrogen and oxygen atoms in total. The van der Waals surface area contributed by atoms with Crippen LogP contribution in [0.2, 0.25) is 0 Å². The van der Waals surface area contributed by atoms with E-state index in [9.17, 15) is 0 Å². The molecule has 0 unspecified atom stereocenters. The van der Waals surface area contributed by atoms with E-state index in [1.807, 2.05) is 0 Å². The summed E-state index contributed by atoms with van der Waals surface area (Å²) in [6.45, 7) is 3.37. The number of aromatic nitrogens is 1. The summed E-state index contributed by atoms with van der Waals surface area (Å²) in [5.74, 6) is 0. The molecule has 1 heterocycles. The number of aryl methyl sites for hydroxylation is 1. The van der Waals surface area contributed by atoms with Crippen LogP contribution < -0.4 is 0 Å². The lowest BCUT2D eigenvalue weighted by Gasteiger charge is -2.02. The number of rotatable bonds is 3. The molecule has 3 aromatic rings. The van der Waals surface area contributed by atoms with Crippen molar-refractivity contribution in [3.8, 4) is 0 Å². The third-order valence-corrected chi connectivity index (χ3v) is 4.12. The molecule has 0 saturated carbocycles. The molecule has 0 atom stereocenters. The standard InChI is InChI=1S/C12H15N.C9H8/c1-2-3-9-13-10-8-11-6-4-5-7-12(11)13;1-2-5-9-7-3-6-8(9)4-1/h4-8,10H,2-3,9H2,1H3;1-6H,7H2. The predicted molar refractivity (Wildman–Crippen MR) is 96.0 cm³/mol. The second-order valence-corrected chi connectivity index (χ2v) is 5.73. The lowest BCUT2D eigenvalue weighted by molar-refractivity contribution is 0.650. The lowest BCUT2D eigenvalue weighted by atomic mass is 10.1. The van der Waals surface area contributed by atoms with Crippen LogP contribution in [0.3, 0.4) is 0 Å². The third kappa shape index (κ3) is 3.30. The van der Waals surface area contributed by atoms with E-state index in [4.69, 9.17) is 0 Å². The SMILES string of the molecule is C1=Cc2ccccc2C1.CCCCn1ccc2ccccc21. The van der Waals surface area contributed by atoms with Gasteiger partial charge in [-0.05, 0) is 41.5 Å². The molecule has 4 rings (SSSR count). The van der Waals surface area contributed by atoms with Crippen LogP contribution in [0, 0.1) is 0 Å². The molecule has 0 radical (unpaired) electrons. The average molecular weight is 289 g/mol. The monoisotopic (exact) mass is 289 g/mol. The fourth-order valence-electron chi connectivity index (χ4n) is 2.86. The van der Waals surface area contributed by atoms with Crippen LogP contribution in [-0.4, -0.2) is 4.57 Å². The van der Waals surface area contributed by atoms with Crippen molar-refractivity contribution in [3.05, 3.63) is 78.0 Å². The molecule has 2 aromatic carbocycles. The molecule has 0 saturated heterocycles. The normalized spacial score (nSPS) is 12.0. The van der Waals surface area contributed by atoms with Gasteiger partial charge in [0.2, 0.25) is 0 Å². The summed E-state index contributed by atoms with van der Waals surface area (Å²) < 4.78 is 2.33. The van der Waals surface area contributed by atoms with Crippen LogP contribution >= 0.6 is 0 Å². The molecule has 112 valence electrons. The Morgan fingerprint density at radius 3 is 2.64 bits per heavy atom. The molecule has 0 aliphatic heterocycles. The molecule has 0 amide bonds. The van der Waals surface area contributed by atoms with Crippen LogP contribution in [0.5, 0.6) is 0 Å². The van der Waals surface area contributed by atoms with Gasteiger partial charge in [-0.25, -0.2) is 0 Å². The van der Waals surface area contributed by atoms with Gasteiger partial charge in [0.05, 0.1) is 0 Å². The number of benzene rings is 2. The molecular formula is C21H23N. The smallest absolute Gasteiger partial charge is 0.0480 e. The van der Waals surface area contributed by atoms with Gasteiger partial charge in [0.25, 0.3) is 0 Å². The quantitative estimate of drug-likeness (QED) is 0.583. The van der Waals surface area contributed by atoms with Crippen molar-refractivity contribution in [2.75, 3.05) is 0 Å². The molecule has 1 aliphatic carbocycles. The van der Waals surface area contributed by atoms with Crippen LogP contribution in [0.4, 0.5) is 0 Å². The van der Waals surface area contributed by atoms with Gasteiger partial charge >= 0.3 is 0 Å². The number of nitrogens with zero attached hydrogens (tertiary/aromatic N) is 1. The highest BCUT2D eigenvalue weighted by atomic mass is 14.9. The number of fused-ring (bicyclic) bond motifs is 2. The summed E-state index contributed by atoms with van der Waals surface area (Å²) in [5.41, 5.74) is 4.20. The van der Waals surface area contributed by atoms with E-state index in [1.54, 1.807) is 0 Å². The highest BCUT2D eigenvalue weighted by Crippen LogP contribution is 2.17. The number of hydrogen-bond acceptors (Lipinski definition) is 0. The topological polar surface area (TPSA) is 4.93 Å². The highest BCUT2D eigenvalue weighted by molar-refractivity contribution is 5.79. The molecular weight excluding hydrogens is 266 g/mol. The van der Waals surface area contributed by atoms with E-state index in [1.165, 1.54) is 34.9 Å². The summed E-state index contributed by atoms with van der Waals surface area (Å²) in [4.78, 5) is 0. The molecule has 22 heavy (non-hydrogen) atoms. The average Bonchev–Trinajstić information content (AvgIpc) is 3.20. The van der Waals surface area contributed by atoms with Crippen LogP contribution in [-0.2, 0) is 13.0 Å². The zero-order chi connectivity index (χ0) is 15.2. The number of unbranched alkanes of at least 4 members (excludes halogenated alkanes) is 1. The van der Waals surface area contributed by atoms with Crippen molar-refractivity contribution in [2.45, 2.75) is 32.7 Å². The Morgan fingerprint density at radius 1 is 0.955 bits per heavy atom. The number of hydrogen-bond donors (Lipinski definition) is 0. The second kappa shape index (κ2) is 7.13. The summed E-state index contributed by atoms with van der Waals surface area (Å²) >= 11 is 0. The van der Waals surface area contributed by atoms with Crippen molar-refractivity contribution in [1.82, 2.24) is 4.57 Å². The molecule has 0 fully saturated rings. The molecule has 1 aliphatic rings. The number of allylic oxidation sites excluding steroid dienone is 1. The Bertz CT molecular complexity index is 764. The third-order valence-electron chi connectivity index (χ3n) is 4.12. The van der Waals surface area contributed by atoms with E-state index < -0.39 is 0 Å². The minimum absolute atomic E-state index is 1.12. The Balaban J connectivity index is 0.000000139. The van der Waals surface area contributed by atoms with Crippen molar-refractivity contribution in [3.63, 3.8) is 0 Å². The Morgan fingerprint density at radius 2 is 1.77 bits per heavy atom. The molecule has 0 N–H and O–H groups in total. The maximum atomic E-state index is 2.33. The molecule has 0 spiro atoms. The van der Waals surface area contributed by atoms with E-state index in [2.05, 4.69) is 84.4 Å². The summed E-state index contributed by atoms with van der Waals surface area (Å²) in [7, 11) is 0. The van der Waals surface area contributed by atoms with Gasteiger partial charge in [0.1, 0.15) is 0 Å². The first-order valence-corrected chi connectivity index (χ1v) is 8.17. The van der Waals surface area contributed by atoms with E-state index in [0.29, 0.717) is 0 Å². The second-order valence-electron chi connectivity index (χ2n) is 5.73. The van der Waals surface area contributed by atoms with Crippen LogP contribution in [0.15, 0.2) is 66.9 Å². The highest BCUT2D eigenvalue weighted by Gasteiger charge is 2.00. The van der Waals surface area contributed by atoms with Gasteiger partial charge in [0.15, 0.2) is 0 Å². The van der Waals surface area contributed by atoms with Gasteiger partial charge in [-0.3, -0.25) is 0 Å². The fraction of sp³-hybridized carbons (Fsp3) is 0.238. The Kier molecular flexibility index (Phi) is 4.75. The summed E-state index contributed by atoms with van der Waals surface area (Å²) in [6.07, 6.45) is 10.2. The molecule has 0 bridgehead atoms. The van der Waals surface area contributed by atoms with Crippen LogP contribution in [0.1, 0.15) is 30.9 Å². The van der Waals surface area contributed by atoms with Crippen LogP contribution in [0.25, 0.3) is 17.0 Å². The fourth-order valence-corrected chi connectivity index (χ4v) is 2.86. The van der Waals surface area contributed by atoms with Crippen molar-refractivity contribution in [2.24, 2.45) is 0 Å².